The molecule has 44 valence electrons. The summed E-state index contributed by atoms with van der Waals surface area (Å²) < 4.78 is 11.9. The van der Waals surface area contributed by atoms with E-state index >= 15 is 0 Å². The van der Waals surface area contributed by atoms with Gasteiger partial charge in [0.15, 0.2) is 5.83 Å². The molecule has 0 saturated carbocycles. The van der Waals surface area contributed by atoms with E-state index in [0.717, 1.165) is 12.4 Å². The van der Waals surface area contributed by atoms with Crippen LogP contribution in [0.15, 0.2) is 29.8 Å². The highest BCUT2D eigenvalue weighted by Gasteiger charge is 1.79. The van der Waals surface area contributed by atoms with Gasteiger partial charge >= 0.3 is 0 Å². The maximum Gasteiger partial charge on any atom is 0.156 e. The minimum Gasteiger partial charge on any atom is -0.402 e. The Morgan fingerprint density at radius 1 is 1.75 bits per heavy atom. The van der Waals surface area contributed by atoms with Crippen LogP contribution in [0, 0.1) is 0 Å². The molecule has 0 heterocycles. The molecule has 0 fully saturated rings. The van der Waals surface area contributed by atoms with Crippen LogP contribution >= 0.6 is 0 Å². The molecule has 0 aliphatic rings. The van der Waals surface area contributed by atoms with Crippen molar-refractivity contribution in [2.45, 2.75) is 0 Å². The topological polar surface area (TPSA) is 38.4 Å². The molecule has 0 unspecified atom stereocenters. The lowest BCUT2D eigenvalue weighted by atomic mass is 10.6. The Morgan fingerprint density at radius 3 is 2.75 bits per heavy atom. The molecule has 8 heavy (non-hydrogen) atoms. The van der Waals surface area contributed by atoms with Crippen LogP contribution in [-0.2, 0) is 0 Å². The third kappa shape index (κ3) is 3.08. The van der Waals surface area contributed by atoms with Crippen molar-refractivity contribution in [1.82, 2.24) is 0 Å². The number of aliphatic imine (C=N–C) groups is 1. The SMILES string of the molecule is C=C/N=C\C(F)=C/N. The van der Waals surface area contributed by atoms with Crippen molar-refractivity contribution in [2.75, 3.05) is 0 Å². The van der Waals surface area contributed by atoms with E-state index in [4.69, 9.17) is 5.73 Å². The molecule has 0 aromatic heterocycles. The van der Waals surface area contributed by atoms with E-state index in [-0.39, 0.29) is 0 Å². The molecular formula is C5H7FN2. The van der Waals surface area contributed by atoms with Crippen LogP contribution in [0.25, 0.3) is 0 Å². The van der Waals surface area contributed by atoms with Crippen molar-refractivity contribution < 1.29 is 4.39 Å². The van der Waals surface area contributed by atoms with E-state index in [2.05, 4.69) is 11.6 Å². The van der Waals surface area contributed by atoms with Crippen molar-refractivity contribution >= 4 is 6.21 Å². The van der Waals surface area contributed by atoms with Crippen LogP contribution in [0.5, 0.6) is 0 Å². The highest BCUT2D eigenvalue weighted by Crippen LogP contribution is 1.85. The van der Waals surface area contributed by atoms with Crippen LogP contribution in [0.2, 0.25) is 0 Å². The summed E-state index contributed by atoms with van der Waals surface area (Å²) in [7, 11) is 0. The first kappa shape index (κ1) is 6.88. The molecule has 0 aromatic carbocycles. The number of nitrogens with zero attached hydrogens (tertiary/aromatic N) is 1. The standard InChI is InChI=1S/C5H7FN2/c1-2-8-4-5(6)3-7/h2-4H,1,7H2/b5-3+,8-4-. The van der Waals surface area contributed by atoms with E-state index in [1.165, 1.54) is 6.20 Å². The molecule has 0 atom stereocenters. The Balaban J connectivity index is 3.69. The van der Waals surface area contributed by atoms with Gasteiger partial charge in [0, 0.05) is 12.4 Å². The summed E-state index contributed by atoms with van der Waals surface area (Å²) in [5.41, 5.74) is 4.75. The second-order valence-corrected chi connectivity index (χ2v) is 1.01. The minimum absolute atomic E-state index is 0.565. The molecule has 0 aromatic rings. The summed E-state index contributed by atoms with van der Waals surface area (Å²) in [4.78, 5) is 3.36. The summed E-state index contributed by atoms with van der Waals surface area (Å²) in [5, 5.41) is 0. The van der Waals surface area contributed by atoms with Gasteiger partial charge < -0.3 is 5.73 Å². The van der Waals surface area contributed by atoms with E-state index in [1.807, 2.05) is 0 Å². The Labute approximate surface area is 47.2 Å². The average molecular weight is 114 g/mol. The molecule has 2 nitrogen and oxygen atoms in total. The van der Waals surface area contributed by atoms with Gasteiger partial charge in [-0.2, -0.15) is 0 Å². The van der Waals surface area contributed by atoms with Gasteiger partial charge in [0.05, 0.1) is 6.21 Å². The van der Waals surface area contributed by atoms with Crippen LogP contribution < -0.4 is 5.73 Å². The van der Waals surface area contributed by atoms with Crippen molar-refractivity contribution in [3.05, 3.63) is 24.8 Å². The van der Waals surface area contributed by atoms with Gasteiger partial charge in [-0.25, -0.2) is 4.39 Å². The maximum absolute atomic E-state index is 11.9. The molecular weight excluding hydrogens is 107 g/mol. The Hall–Kier alpha value is -1.12. The Kier molecular flexibility index (Phi) is 3.48. The van der Waals surface area contributed by atoms with Gasteiger partial charge in [-0.3, -0.25) is 4.99 Å². The number of hydrogen-bond acceptors (Lipinski definition) is 2. The highest BCUT2D eigenvalue weighted by atomic mass is 19.1. The molecule has 0 bridgehead atoms. The van der Waals surface area contributed by atoms with Crippen LogP contribution in [0.3, 0.4) is 0 Å². The van der Waals surface area contributed by atoms with Crippen LogP contribution in [0.1, 0.15) is 0 Å². The van der Waals surface area contributed by atoms with Crippen molar-refractivity contribution in [3.63, 3.8) is 0 Å². The van der Waals surface area contributed by atoms with Gasteiger partial charge in [0.2, 0.25) is 0 Å². The maximum atomic E-state index is 11.9. The van der Waals surface area contributed by atoms with Crippen molar-refractivity contribution in [2.24, 2.45) is 10.7 Å². The van der Waals surface area contributed by atoms with Gasteiger partial charge in [-0.05, 0) is 0 Å². The minimum atomic E-state index is -0.565. The van der Waals surface area contributed by atoms with Crippen LogP contribution in [-0.4, -0.2) is 6.21 Å². The lowest BCUT2D eigenvalue weighted by Crippen LogP contribution is -1.82. The van der Waals surface area contributed by atoms with Gasteiger partial charge in [0.1, 0.15) is 0 Å². The Bertz CT molecular complexity index is 126. The summed E-state index contributed by atoms with van der Waals surface area (Å²) in [6.45, 7) is 3.23. The zero-order valence-electron chi connectivity index (χ0n) is 4.34. The monoisotopic (exact) mass is 114 g/mol. The summed E-state index contributed by atoms with van der Waals surface area (Å²) in [6, 6.07) is 0. The summed E-state index contributed by atoms with van der Waals surface area (Å²) in [6.07, 6.45) is 3.03. The predicted octanol–water partition coefficient (Wildman–Crippen LogP) is 0.970. The molecule has 0 radical (unpaired) electrons. The van der Waals surface area contributed by atoms with Crippen molar-refractivity contribution in [3.8, 4) is 0 Å². The van der Waals surface area contributed by atoms with Gasteiger partial charge in [-0.15, -0.1) is 0 Å². The molecule has 0 aliphatic carbocycles. The van der Waals surface area contributed by atoms with E-state index < -0.39 is 5.83 Å². The largest absolute Gasteiger partial charge is 0.402 e. The summed E-state index contributed by atoms with van der Waals surface area (Å²) in [5.74, 6) is -0.565. The second kappa shape index (κ2) is 4.05. The molecule has 2 N–H and O–H groups in total. The van der Waals surface area contributed by atoms with E-state index in [0.29, 0.717) is 0 Å². The first-order valence-corrected chi connectivity index (χ1v) is 2.02. The molecule has 3 heteroatoms. The molecule has 0 amide bonds. The van der Waals surface area contributed by atoms with Gasteiger partial charge in [0.25, 0.3) is 0 Å². The fourth-order valence-electron chi connectivity index (χ4n) is 0.167. The lowest BCUT2D eigenvalue weighted by molar-refractivity contribution is 0.683. The number of halogens is 1. The van der Waals surface area contributed by atoms with Crippen molar-refractivity contribution in [1.29, 1.82) is 0 Å². The normalized spacial score (nSPS) is 12.4. The number of hydrogen-bond donors (Lipinski definition) is 1. The predicted molar refractivity (Wildman–Crippen MR) is 32.1 cm³/mol. The highest BCUT2D eigenvalue weighted by molar-refractivity contribution is 5.75. The fraction of sp³-hybridized carbons (Fsp3) is 0. The quantitative estimate of drug-likeness (QED) is 0.534. The van der Waals surface area contributed by atoms with E-state index in [1.54, 1.807) is 0 Å². The average Bonchev–Trinajstić information content (AvgIpc) is 1.83. The zero-order chi connectivity index (χ0) is 6.41. The summed E-state index contributed by atoms with van der Waals surface area (Å²) >= 11 is 0. The third-order valence-corrected chi connectivity index (χ3v) is 0.462. The molecule has 0 spiro atoms. The Morgan fingerprint density at radius 2 is 2.38 bits per heavy atom. The number of allylic oxidation sites excluding steroid dienone is 1. The van der Waals surface area contributed by atoms with Crippen LogP contribution in [0.4, 0.5) is 4.39 Å². The number of nitrogens with two attached hydrogens (primary N) is 1. The second-order valence-electron chi connectivity index (χ2n) is 1.01. The zero-order valence-corrected chi connectivity index (χ0v) is 4.34. The smallest absolute Gasteiger partial charge is 0.156 e. The molecule has 0 rings (SSSR count). The fourth-order valence-corrected chi connectivity index (χ4v) is 0.167. The molecule has 0 saturated heterocycles. The lowest BCUT2D eigenvalue weighted by Gasteiger charge is -1.77. The van der Waals surface area contributed by atoms with Gasteiger partial charge in [-0.1, -0.05) is 6.58 Å². The third-order valence-electron chi connectivity index (χ3n) is 0.462. The first-order chi connectivity index (χ1) is 3.81. The van der Waals surface area contributed by atoms with E-state index in [9.17, 15) is 4.39 Å². The first-order valence-electron chi connectivity index (χ1n) is 2.02. The molecule has 0 aliphatic heterocycles. The number of rotatable bonds is 2.